The van der Waals surface area contributed by atoms with Crippen molar-refractivity contribution in [3.8, 4) is 29.7 Å². The molecule has 2 atom stereocenters. The monoisotopic (exact) mass is 403 g/mol. The van der Waals surface area contributed by atoms with Gasteiger partial charge in [-0.2, -0.15) is 15.8 Å². The molecule has 0 saturated heterocycles. The summed E-state index contributed by atoms with van der Waals surface area (Å²) in [6, 6.07) is 12.0. The molecule has 0 saturated carbocycles. The molecule has 30 heavy (non-hydrogen) atoms. The zero-order valence-electron chi connectivity index (χ0n) is 17.5. The number of nitrogens with two attached hydrogens (primary N) is 1. The molecule has 0 bridgehead atoms. The minimum atomic E-state index is -1.63. The molecule has 2 aliphatic rings. The second kappa shape index (κ2) is 8.49. The first kappa shape index (κ1) is 21.2. The van der Waals surface area contributed by atoms with E-state index in [4.69, 9.17) is 15.2 Å². The molecule has 2 N–H and O–H groups in total. The molecule has 7 heteroatoms. The van der Waals surface area contributed by atoms with E-state index in [2.05, 4.69) is 30.0 Å². The van der Waals surface area contributed by atoms with Gasteiger partial charge >= 0.3 is 0 Å². The number of ether oxygens (including phenoxy) is 2. The third kappa shape index (κ3) is 3.07. The van der Waals surface area contributed by atoms with E-state index in [0.29, 0.717) is 30.2 Å². The molecular formula is C23H25N5O2. The topological polar surface area (TPSA) is 119 Å². The molecule has 0 spiro atoms. The van der Waals surface area contributed by atoms with E-state index >= 15 is 0 Å². The zero-order valence-corrected chi connectivity index (χ0v) is 17.5. The molecule has 0 amide bonds. The third-order valence-electron chi connectivity index (χ3n) is 6.03. The Hall–Kier alpha value is -3.47. The first-order chi connectivity index (χ1) is 14.5. The average molecular weight is 403 g/mol. The molecule has 1 aliphatic heterocycles. The van der Waals surface area contributed by atoms with E-state index in [1.165, 1.54) is 0 Å². The van der Waals surface area contributed by atoms with Crippen LogP contribution in [0.15, 0.2) is 41.1 Å². The van der Waals surface area contributed by atoms with Crippen molar-refractivity contribution < 1.29 is 9.47 Å². The molecule has 1 aliphatic carbocycles. The maximum absolute atomic E-state index is 10.1. The lowest BCUT2D eigenvalue weighted by Crippen LogP contribution is -2.47. The van der Waals surface area contributed by atoms with Crippen molar-refractivity contribution in [3.63, 3.8) is 0 Å². The Morgan fingerprint density at radius 3 is 2.50 bits per heavy atom. The van der Waals surface area contributed by atoms with Crippen molar-refractivity contribution in [2.24, 2.45) is 17.1 Å². The van der Waals surface area contributed by atoms with Gasteiger partial charge in [-0.1, -0.05) is 25.1 Å². The van der Waals surface area contributed by atoms with E-state index in [0.717, 1.165) is 18.5 Å². The minimum Gasteiger partial charge on any atom is -0.493 e. The number of rotatable bonds is 5. The zero-order chi connectivity index (χ0) is 21.9. The van der Waals surface area contributed by atoms with Crippen LogP contribution in [0.3, 0.4) is 0 Å². The fourth-order valence-electron chi connectivity index (χ4n) is 4.70. The van der Waals surface area contributed by atoms with Crippen LogP contribution in [0.1, 0.15) is 24.8 Å². The van der Waals surface area contributed by atoms with Crippen LogP contribution >= 0.6 is 0 Å². The van der Waals surface area contributed by atoms with Gasteiger partial charge in [0.25, 0.3) is 0 Å². The second-order valence-electron chi connectivity index (χ2n) is 7.50. The Bertz CT molecular complexity index is 1010. The molecule has 0 radical (unpaired) electrons. The van der Waals surface area contributed by atoms with Crippen molar-refractivity contribution in [2.75, 3.05) is 33.9 Å². The molecular weight excluding hydrogens is 378 g/mol. The van der Waals surface area contributed by atoms with Crippen LogP contribution < -0.4 is 15.2 Å². The molecule has 3 rings (SSSR count). The summed E-state index contributed by atoms with van der Waals surface area (Å²) < 4.78 is 11.1. The standard InChI is InChI=1S/C23H25N5O2/c1-4-9-28-10-8-18-17(12-28)20(15-6-5-7-19(29-2)21(15)30-3)16(11-24)22(27)23(18,13-25)14-26/h5-8,17,20H,4,9-10,12,27H2,1-3H3/t17-,20+/m0/s1. The maximum atomic E-state index is 10.1. The molecule has 1 heterocycles. The van der Waals surface area contributed by atoms with Gasteiger partial charge in [0.2, 0.25) is 5.41 Å². The highest BCUT2D eigenvalue weighted by Crippen LogP contribution is 2.54. The highest BCUT2D eigenvalue weighted by Gasteiger charge is 2.53. The van der Waals surface area contributed by atoms with E-state index in [1.807, 2.05) is 18.2 Å². The number of allylic oxidation sites excluding steroid dienone is 2. The molecule has 0 fully saturated rings. The second-order valence-corrected chi connectivity index (χ2v) is 7.50. The van der Waals surface area contributed by atoms with Gasteiger partial charge in [0.1, 0.15) is 0 Å². The Morgan fingerprint density at radius 1 is 1.20 bits per heavy atom. The van der Waals surface area contributed by atoms with Crippen LogP contribution in [-0.4, -0.2) is 38.8 Å². The number of nitrogens with zero attached hydrogens (tertiary/aromatic N) is 4. The smallest absolute Gasteiger partial charge is 0.204 e. The predicted molar refractivity (Wildman–Crippen MR) is 111 cm³/mol. The predicted octanol–water partition coefficient (Wildman–Crippen LogP) is 2.84. The SMILES string of the molecule is CCCN1CC=C2[C@H](C1)[C@H](c1cccc(OC)c1OC)C(C#N)=C(N)C2(C#N)C#N. The van der Waals surface area contributed by atoms with E-state index in [9.17, 15) is 15.8 Å². The summed E-state index contributed by atoms with van der Waals surface area (Å²) in [4.78, 5) is 2.27. The number of hydrogen-bond acceptors (Lipinski definition) is 7. The lowest BCUT2D eigenvalue weighted by atomic mass is 9.60. The largest absolute Gasteiger partial charge is 0.493 e. The highest BCUT2D eigenvalue weighted by molar-refractivity contribution is 5.61. The van der Waals surface area contributed by atoms with Crippen LogP contribution in [0, 0.1) is 45.3 Å². The van der Waals surface area contributed by atoms with Crippen LogP contribution in [0.2, 0.25) is 0 Å². The van der Waals surface area contributed by atoms with Gasteiger partial charge in [-0.25, -0.2) is 0 Å². The van der Waals surface area contributed by atoms with Crippen LogP contribution in [0.4, 0.5) is 0 Å². The van der Waals surface area contributed by atoms with Crippen LogP contribution in [0.5, 0.6) is 11.5 Å². The number of hydrogen-bond donors (Lipinski definition) is 1. The summed E-state index contributed by atoms with van der Waals surface area (Å²) in [5, 5.41) is 30.0. The first-order valence-corrected chi connectivity index (χ1v) is 9.89. The van der Waals surface area contributed by atoms with Gasteiger partial charge < -0.3 is 15.2 Å². The fraction of sp³-hybridized carbons (Fsp3) is 0.435. The normalized spacial score (nSPS) is 22.7. The summed E-state index contributed by atoms with van der Waals surface area (Å²) in [5.41, 5.74) is 6.42. The first-order valence-electron chi connectivity index (χ1n) is 9.89. The molecule has 154 valence electrons. The van der Waals surface area contributed by atoms with Gasteiger partial charge in [-0.05, 0) is 24.6 Å². The maximum Gasteiger partial charge on any atom is 0.204 e. The van der Waals surface area contributed by atoms with Crippen molar-refractivity contribution in [2.45, 2.75) is 19.3 Å². The van der Waals surface area contributed by atoms with Crippen molar-refractivity contribution in [1.82, 2.24) is 4.90 Å². The van der Waals surface area contributed by atoms with E-state index < -0.39 is 11.3 Å². The van der Waals surface area contributed by atoms with Gasteiger partial charge in [0.05, 0.1) is 43.7 Å². The number of methoxy groups -OCH3 is 2. The minimum absolute atomic E-state index is 0.0105. The Morgan fingerprint density at radius 2 is 1.93 bits per heavy atom. The highest BCUT2D eigenvalue weighted by atomic mass is 16.5. The van der Waals surface area contributed by atoms with E-state index in [1.54, 1.807) is 20.3 Å². The molecule has 0 unspecified atom stereocenters. The third-order valence-corrected chi connectivity index (χ3v) is 6.03. The lowest BCUT2D eigenvalue weighted by molar-refractivity contribution is 0.223. The van der Waals surface area contributed by atoms with E-state index in [-0.39, 0.29) is 17.2 Å². The van der Waals surface area contributed by atoms with Gasteiger partial charge in [-0.3, -0.25) is 4.90 Å². The molecule has 0 aromatic heterocycles. The Labute approximate surface area is 177 Å². The molecule has 7 nitrogen and oxygen atoms in total. The van der Waals surface area contributed by atoms with Crippen molar-refractivity contribution in [1.29, 1.82) is 15.8 Å². The van der Waals surface area contributed by atoms with Crippen LogP contribution in [-0.2, 0) is 0 Å². The lowest BCUT2D eigenvalue weighted by Gasteiger charge is -2.45. The summed E-state index contributed by atoms with van der Waals surface area (Å²) >= 11 is 0. The number of para-hydroxylation sites is 1. The molecule has 1 aromatic carbocycles. The van der Waals surface area contributed by atoms with Gasteiger partial charge in [0, 0.05) is 30.5 Å². The quantitative estimate of drug-likeness (QED) is 0.751. The summed E-state index contributed by atoms with van der Waals surface area (Å²) in [7, 11) is 3.11. The van der Waals surface area contributed by atoms with Crippen molar-refractivity contribution >= 4 is 0 Å². The average Bonchev–Trinajstić information content (AvgIpc) is 2.78. The Kier molecular flexibility index (Phi) is 6.01. The number of nitriles is 3. The van der Waals surface area contributed by atoms with Crippen molar-refractivity contribution in [3.05, 3.63) is 46.7 Å². The van der Waals surface area contributed by atoms with Gasteiger partial charge in [-0.15, -0.1) is 0 Å². The fourth-order valence-corrected chi connectivity index (χ4v) is 4.70. The summed E-state index contributed by atoms with van der Waals surface area (Å²) in [5.74, 6) is 0.377. The number of fused-ring (bicyclic) bond motifs is 1. The van der Waals surface area contributed by atoms with Crippen LogP contribution in [0.25, 0.3) is 0 Å². The Balaban J connectivity index is 2.32. The summed E-state index contributed by atoms with van der Waals surface area (Å²) in [6.45, 7) is 4.25. The summed E-state index contributed by atoms with van der Waals surface area (Å²) in [6.07, 6.45) is 2.92. The van der Waals surface area contributed by atoms with Gasteiger partial charge in [0.15, 0.2) is 11.5 Å². The molecule has 1 aromatic rings. The number of benzene rings is 1.